The zero-order valence-corrected chi connectivity index (χ0v) is 19.3. The summed E-state index contributed by atoms with van der Waals surface area (Å²) in [5.41, 5.74) is 4.56. The lowest BCUT2D eigenvalue weighted by Crippen LogP contribution is -2.19. The number of aryl methyl sites for hydroxylation is 1. The summed E-state index contributed by atoms with van der Waals surface area (Å²) in [4.78, 5) is 25.0. The van der Waals surface area contributed by atoms with Crippen LogP contribution in [-0.4, -0.2) is 34.6 Å². The van der Waals surface area contributed by atoms with Crippen LogP contribution in [0.4, 0.5) is 22.0 Å². The first-order valence-electron chi connectivity index (χ1n) is 11.3. The van der Waals surface area contributed by atoms with Crippen LogP contribution >= 0.6 is 0 Å². The predicted octanol–water partition coefficient (Wildman–Crippen LogP) is 5.28. The van der Waals surface area contributed by atoms with Crippen molar-refractivity contribution in [2.75, 3.05) is 29.6 Å². The molecule has 4 rings (SSSR count). The average Bonchev–Trinajstić information content (AvgIpc) is 2.85. The molecule has 8 heteroatoms. The van der Waals surface area contributed by atoms with Crippen LogP contribution in [-0.2, 0) is 12.8 Å². The van der Waals surface area contributed by atoms with E-state index in [4.69, 9.17) is 4.74 Å². The number of ether oxygens (including phenoxy) is 1. The fourth-order valence-corrected chi connectivity index (χ4v) is 3.73. The molecular formula is C26H28N6O2. The summed E-state index contributed by atoms with van der Waals surface area (Å²) in [6.07, 6.45) is 7.63. The van der Waals surface area contributed by atoms with Crippen LogP contribution < -0.4 is 20.7 Å². The molecule has 0 atom stereocenters. The van der Waals surface area contributed by atoms with Crippen molar-refractivity contribution in [3.63, 3.8) is 0 Å². The first-order chi connectivity index (χ1) is 16.7. The first kappa shape index (κ1) is 23.0. The smallest absolute Gasteiger partial charge is 0.323 e. The maximum absolute atomic E-state index is 12.1. The molecule has 0 fully saturated rings. The van der Waals surface area contributed by atoms with Gasteiger partial charge >= 0.3 is 6.03 Å². The van der Waals surface area contributed by atoms with Crippen molar-refractivity contribution in [3.05, 3.63) is 78.4 Å². The number of amides is 2. The normalized spacial score (nSPS) is 10.6. The van der Waals surface area contributed by atoms with Crippen LogP contribution in [0.5, 0.6) is 5.75 Å². The molecule has 2 aromatic heterocycles. The number of hydrogen-bond acceptors (Lipinski definition) is 6. The number of carbonyl (C=O) groups is 1. The number of urea groups is 1. The van der Waals surface area contributed by atoms with Crippen LogP contribution in [0.1, 0.15) is 24.5 Å². The zero-order chi connectivity index (χ0) is 23.8. The van der Waals surface area contributed by atoms with E-state index in [0.29, 0.717) is 12.2 Å². The molecule has 34 heavy (non-hydrogen) atoms. The summed E-state index contributed by atoms with van der Waals surface area (Å²) in [5, 5.41) is 9.93. The number of aromatic nitrogens is 3. The number of nitrogens with one attached hydrogen (secondary N) is 3. The number of methoxy groups -OCH3 is 1. The van der Waals surface area contributed by atoms with E-state index in [-0.39, 0.29) is 6.03 Å². The topological polar surface area (TPSA) is 101 Å². The summed E-state index contributed by atoms with van der Waals surface area (Å²) in [6.45, 7) is 2.86. The number of nitrogens with zero attached hydrogens (tertiary/aromatic N) is 3. The number of rotatable bonds is 9. The van der Waals surface area contributed by atoms with Crippen LogP contribution in [0.15, 0.2) is 67.3 Å². The second kappa shape index (κ2) is 11.1. The summed E-state index contributed by atoms with van der Waals surface area (Å²) in [5.74, 6) is 1.65. The minimum Gasteiger partial charge on any atom is -0.496 e. The lowest BCUT2D eigenvalue weighted by molar-refractivity contribution is 0.262. The van der Waals surface area contributed by atoms with Gasteiger partial charge in [-0.25, -0.2) is 14.8 Å². The SMILES string of the molecule is CCCc1cc2ncnc(NCCc3ccc(NC(=O)Nc4cccnc4)cc3)c2cc1OC. The summed E-state index contributed by atoms with van der Waals surface area (Å²) >= 11 is 0. The van der Waals surface area contributed by atoms with Crippen molar-refractivity contribution in [2.24, 2.45) is 0 Å². The molecule has 0 saturated heterocycles. The molecule has 3 N–H and O–H groups in total. The lowest BCUT2D eigenvalue weighted by atomic mass is 10.1. The minimum atomic E-state index is -0.310. The van der Waals surface area contributed by atoms with Crippen molar-refractivity contribution in [1.82, 2.24) is 15.0 Å². The van der Waals surface area contributed by atoms with E-state index in [9.17, 15) is 4.79 Å². The van der Waals surface area contributed by atoms with E-state index < -0.39 is 0 Å². The fraction of sp³-hybridized carbons (Fsp3) is 0.231. The van der Waals surface area contributed by atoms with Crippen molar-refractivity contribution in [3.8, 4) is 5.75 Å². The molecule has 2 heterocycles. The van der Waals surface area contributed by atoms with Crippen LogP contribution in [0.25, 0.3) is 10.9 Å². The van der Waals surface area contributed by atoms with E-state index in [1.165, 1.54) is 0 Å². The molecule has 8 nitrogen and oxygen atoms in total. The first-order valence-corrected chi connectivity index (χ1v) is 11.3. The second-order valence-corrected chi connectivity index (χ2v) is 7.85. The van der Waals surface area contributed by atoms with Crippen LogP contribution in [0.3, 0.4) is 0 Å². The lowest BCUT2D eigenvalue weighted by Gasteiger charge is -2.13. The van der Waals surface area contributed by atoms with E-state index in [1.54, 1.807) is 38.0 Å². The molecule has 174 valence electrons. The Morgan fingerprint density at radius 3 is 2.56 bits per heavy atom. The highest BCUT2D eigenvalue weighted by Gasteiger charge is 2.10. The van der Waals surface area contributed by atoms with Gasteiger partial charge < -0.3 is 20.7 Å². The number of carbonyl (C=O) groups excluding carboxylic acids is 1. The molecule has 0 aliphatic heterocycles. The van der Waals surface area contributed by atoms with Gasteiger partial charge in [0.15, 0.2) is 0 Å². The van der Waals surface area contributed by atoms with E-state index in [1.807, 2.05) is 30.3 Å². The largest absolute Gasteiger partial charge is 0.496 e. The molecule has 0 unspecified atom stereocenters. The highest BCUT2D eigenvalue weighted by molar-refractivity contribution is 5.99. The highest BCUT2D eigenvalue weighted by Crippen LogP contribution is 2.29. The summed E-state index contributed by atoms with van der Waals surface area (Å²) < 4.78 is 5.59. The van der Waals surface area contributed by atoms with E-state index in [0.717, 1.165) is 58.5 Å². The fourth-order valence-electron chi connectivity index (χ4n) is 3.73. The van der Waals surface area contributed by atoms with Crippen LogP contribution in [0, 0.1) is 0 Å². The molecule has 4 aromatic rings. The van der Waals surface area contributed by atoms with Crippen molar-refractivity contribution in [1.29, 1.82) is 0 Å². The predicted molar refractivity (Wildman–Crippen MR) is 136 cm³/mol. The van der Waals surface area contributed by atoms with E-state index in [2.05, 4.69) is 43.9 Å². The molecule has 2 aromatic carbocycles. The Balaban J connectivity index is 1.35. The molecule has 0 bridgehead atoms. The number of fused-ring (bicyclic) bond motifs is 1. The Kier molecular flexibility index (Phi) is 7.49. The van der Waals surface area contributed by atoms with E-state index >= 15 is 0 Å². The number of benzene rings is 2. The van der Waals surface area contributed by atoms with Gasteiger partial charge in [-0.1, -0.05) is 25.5 Å². The molecule has 0 radical (unpaired) electrons. The van der Waals surface area contributed by atoms with Gasteiger partial charge in [0.05, 0.1) is 24.5 Å². The molecule has 0 saturated carbocycles. The van der Waals surface area contributed by atoms with Gasteiger partial charge in [0.1, 0.15) is 17.9 Å². The van der Waals surface area contributed by atoms with Crippen molar-refractivity contribution < 1.29 is 9.53 Å². The number of hydrogen-bond donors (Lipinski definition) is 3. The monoisotopic (exact) mass is 456 g/mol. The third-order valence-electron chi connectivity index (χ3n) is 5.39. The maximum atomic E-state index is 12.1. The van der Waals surface area contributed by atoms with Gasteiger partial charge in [-0.2, -0.15) is 0 Å². The Bertz CT molecular complexity index is 1250. The molecule has 2 amide bonds. The summed E-state index contributed by atoms with van der Waals surface area (Å²) in [6, 6.07) is 15.1. The van der Waals surface area contributed by atoms with Crippen molar-refractivity contribution >= 4 is 34.1 Å². The van der Waals surface area contributed by atoms with Gasteiger partial charge in [-0.15, -0.1) is 0 Å². The second-order valence-electron chi connectivity index (χ2n) is 7.85. The van der Waals surface area contributed by atoms with Gasteiger partial charge in [0.25, 0.3) is 0 Å². The Hall–Kier alpha value is -4.20. The number of anilines is 3. The molecule has 0 spiro atoms. The third-order valence-corrected chi connectivity index (χ3v) is 5.39. The number of pyridine rings is 1. The Morgan fingerprint density at radius 1 is 1.00 bits per heavy atom. The molecule has 0 aliphatic rings. The van der Waals surface area contributed by atoms with Crippen molar-refractivity contribution in [2.45, 2.75) is 26.2 Å². The molecule has 0 aliphatic carbocycles. The maximum Gasteiger partial charge on any atom is 0.323 e. The molecular weight excluding hydrogens is 428 g/mol. The van der Waals surface area contributed by atoms with Gasteiger partial charge in [0.2, 0.25) is 0 Å². The van der Waals surface area contributed by atoms with Gasteiger partial charge in [-0.3, -0.25) is 4.98 Å². The quantitative estimate of drug-likeness (QED) is 0.317. The van der Waals surface area contributed by atoms with Gasteiger partial charge in [0, 0.05) is 23.8 Å². The average molecular weight is 457 g/mol. The highest BCUT2D eigenvalue weighted by atomic mass is 16.5. The Labute approximate surface area is 198 Å². The summed E-state index contributed by atoms with van der Waals surface area (Å²) in [7, 11) is 1.69. The standard InChI is InChI=1S/C26H28N6O2/c1-3-5-19-14-23-22(15-24(19)34-2)25(30-17-29-23)28-13-11-18-7-9-20(10-8-18)31-26(33)32-21-6-4-12-27-16-21/h4,6-10,12,14-17H,3,5,11,13H2,1-2H3,(H,28,29,30)(H2,31,32,33). The van der Waals surface area contributed by atoms with Crippen LogP contribution in [0.2, 0.25) is 0 Å². The zero-order valence-electron chi connectivity index (χ0n) is 19.3. The minimum absolute atomic E-state index is 0.310. The Morgan fingerprint density at radius 2 is 1.82 bits per heavy atom. The third kappa shape index (κ3) is 5.78. The van der Waals surface area contributed by atoms with Gasteiger partial charge in [-0.05, 0) is 60.4 Å².